The monoisotopic (exact) mass is 183 g/mol. The summed E-state index contributed by atoms with van der Waals surface area (Å²) in [5.74, 6) is 0. The summed E-state index contributed by atoms with van der Waals surface area (Å²) in [5, 5.41) is 0. The predicted octanol–water partition coefficient (Wildman–Crippen LogP) is 1.47. The van der Waals surface area contributed by atoms with Gasteiger partial charge in [0.05, 0.1) is 19.6 Å². The van der Waals surface area contributed by atoms with Crippen LogP contribution in [0.3, 0.4) is 0 Å². The average molecular weight is 183 g/mol. The summed E-state index contributed by atoms with van der Waals surface area (Å²) in [7, 11) is 0. The fourth-order valence-electron chi connectivity index (χ4n) is 0.463. The first-order valence-corrected chi connectivity index (χ1v) is 3.47. The summed E-state index contributed by atoms with van der Waals surface area (Å²) in [6.07, 6.45) is -5.07. The second kappa shape index (κ2) is 5.16. The highest BCUT2D eigenvalue weighted by Gasteiger charge is 2.26. The molecular weight excluding hydrogens is 171 g/mol. The van der Waals surface area contributed by atoms with Crippen molar-refractivity contribution in [1.29, 1.82) is 0 Å². The van der Waals surface area contributed by atoms with E-state index in [0.717, 1.165) is 0 Å². The quantitative estimate of drug-likeness (QED) is 0.517. The Morgan fingerprint density at radius 3 is 2.42 bits per heavy atom. The van der Waals surface area contributed by atoms with Gasteiger partial charge in [0.2, 0.25) is 0 Å². The van der Waals surface area contributed by atoms with Gasteiger partial charge in [-0.1, -0.05) is 6.58 Å². The van der Waals surface area contributed by atoms with Crippen LogP contribution in [0.5, 0.6) is 0 Å². The lowest BCUT2D eigenvalue weighted by Gasteiger charge is -2.07. The van der Waals surface area contributed by atoms with Crippen molar-refractivity contribution >= 4 is 0 Å². The maximum Gasteiger partial charge on any atom is 0.391 e. The highest BCUT2D eigenvalue weighted by atomic mass is 19.4. The number of nitrogens with two attached hydrogens (primary N) is 1. The fourth-order valence-corrected chi connectivity index (χ4v) is 0.463. The molecule has 12 heavy (non-hydrogen) atoms. The van der Waals surface area contributed by atoms with Crippen LogP contribution in [-0.2, 0) is 4.74 Å². The number of halogens is 3. The summed E-state index contributed by atoms with van der Waals surface area (Å²) in [4.78, 5) is 0. The van der Waals surface area contributed by atoms with Crippen molar-refractivity contribution in [3.8, 4) is 0 Å². The van der Waals surface area contributed by atoms with Crippen molar-refractivity contribution in [1.82, 2.24) is 0 Å². The van der Waals surface area contributed by atoms with E-state index in [0.29, 0.717) is 5.57 Å². The van der Waals surface area contributed by atoms with Crippen LogP contribution >= 0.6 is 0 Å². The lowest BCUT2D eigenvalue weighted by molar-refractivity contribution is -0.144. The van der Waals surface area contributed by atoms with E-state index in [-0.39, 0.29) is 19.8 Å². The van der Waals surface area contributed by atoms with Crippen LogP contribution in [0.1, 0.15) is 6.42 Å². The van der Waals surface area contributed by atoms with Crippen LogP contribution in [0.25, 0.3) is 0 Å². The van der Waals surface area contributed by atoms with Gasteiger partial charge in [-0.25, -0.2) is 0 Å². The van der Waals surface area contributed by atoms with E-state index in [1.165, 1.54) is 0 Å². The molecule has 0 fully saturated rings. The molecule has 0 bridgehead atoms. The molecule has 0 aliphatic heterocycles. The lowest BCUT2D eigenvalue weighted by Crippen LogP contribution is -2.14. The van der Waals surface area contributed by atoms with Gasteiger partial charge in [0.25, 0.3) is 0 Å². The molecule has 0 saturated heterocycles. The Bertz CT molecular complexity index is 144. The fraction of sp³-hybridized carbons (Fsp3) is 0.714. The molecule has 72 valence electrons. The second-order valence-electron chi connectivity index (χ2n) is 2.37. The van der Waals surface area contributed by atoms with Crippen molar-refractivity contribution in [3.05, 3.63) is 12.2 Å². The zero-order valence-corrected chi connectivity index (χ0v) is 6.66. The van der Waals surface area contributed by atoms with Gasteiger partial charge in [0.1, 0.15) is 0 Å². The van der Waals surface area contributed by atoms with Crippen molar-refractivity contribution in [2.45, 2.75) is 12.6 Å². The van der Waals surface area contributed by atoms with Crippen LogP contribution in [-0.4, -0.2) is 25.9 Å². The molecule has 0 heterocycles. The van der Waals surface area contributed by atoms with E-state index in [4.69, 9.17) is 5.73 Å². The topological polar surface area (TPSA) is 35.2 Å². The van der Waals surface area contributed by atoms with Crippen LogP contribution in [0.2, 0.25) is 0 Å². The van der Waals surface area contributed by atoms with Gasteiger partial charge in [-0.3, -0.25) is 0 Å². The van der Waals surface area contributed by atoms with Crippen LogP contribution in [0, 0.1) is 0 Å². The van der Waals surface area contributed by atoms with Crippen molar-refractivity contribution < 1.29 is 17.9 Å². The Labute approximate surface area is 69.2 Å². The molecule has 0 saturated carbocycles. The summed E-state index contributed by atoms with van der Waals surface area (Å²) in [5.41, 5.74) is 5.73. The van der Waals surface area contributed by atoms with Crippen LogP contribution in [0.15, 0.2) is 12.2 Å². The molecule has 0 aromatic heterocycles. The zero-order chi connectivity index (χ0) is 9.61. The number of ether oxygens (including phenoxy) is 1. The Morgan fingerprint density at radius 1 is 1.42 bits per heavy atom. The molecule has 0 spiro atoms. The van der Waals surface area contributed by atoms with Gasteiger partial charge in [-0.05, 0) is 5.57 Å². The molecule has 0 aromatic rings. The maximum absolute atomic E-state index is 11.5. The molecule has 5 heteroatoms. The van der Waals surface area contributed by atoms with Gasteiger partial charge < -0.3 is 10.5 Å². The Balaban J connectivity index is 3.28. The summed E-state index contributed by atoms with van der Waals surface area (Å²) in [6.45, 7) is 3.49. The normalized spacial score (nSPS) is 11.7. The zero-order valence-electron chi connectivity index (χ0n) is 6.66. The molecule has 0 aliphatic carbocycles. The standard InChI is InChI=1S/C7H12F3NO/c1-6(4-11)5-12-3-2-7(8,9)10/h1-5,11H2. The van der Waals surface area contributed by atoms with Gasteiger partial charge >= 0.3 is 6.18 Å². The highest BCUT2D eigenvalue weighted by Crippen LogP contribution is 2.18. The van der Waals surface area contributed by atoms with E-state index in [1.54, 1.807) is 0 Å². The van der Waals surface area contributed by atoms with Gasteiger partial charge in [-0.15, -0.1) is 0 Å². The molecule has 0 aromatic carbocycles. The molecule has 0 rings (SSSR count). The molecule has 0 amide bonds. The SMILES string of the molecule is C=C(CN)COCCC(F)(F)F. The third-order valence-corrected chi connectivity index (χ3v) is 1.12. The predicted molar refractivity (Wildman–Crippen MR) is 39.7 cm³/mol. The molecule has 0 unspecified atom stereocenters. The molecular formula is C7H12F3NO. The summed E-state index contributed by atoms with van der Waals surface area (Å²) >= 11 is 0. The van der Waals surface area contributed by atoms with Gasteiger partial charge in [0.15, 0.2) is 0 Å². The third-order valence-electron chi connectivity index (χ3n) is 1.12. The average Bonchev–Trinajstić information content (AvgIpc) is 1.96. The molecule has 2 N–H and O–H groups in total. The Morgan fingerprint density at radius 2 is 2.00 bits per heavy atom. The Kier molecular flexibility index (Phi) is 4.92. The molecule has 0 aliphatic rings. The smallest absolute Gasteiger partial charge is 0.377 e. The van der Waals surface area contributed by atoms with E-state index < -0.39 is 12.6 Å². The first-order chi connectivity index (χ1) is 5.45. The van der Waals surface area contributed by atoms with Gasteiger partial charge in [0, 0.05) is 6.54 Å². The largest absolute Gasteiger partial charge is 0.391 e. The van der Waals surface area contributed by atoms with Crippen molar-refractivity contribution in [2.24, 2.45) is 5.73 Å². The van der Waals surface area contributed by atoms with E-state index >= 15 is 0 Å². The number of hydrogen-bond donors (Lipinski definition) is 1. The van der Waals surface area contributed by atoms with Crippen LogP contribution < -0.4 is 5.73 Å². The van der Waals surface area contributed by atoms with Crippen molar-refractivity contribution in [3.63, 3.8) is 0 Å². The number of hydrogen-bond acceptors (Lipinski definition) is 2. The molecule has 2 nitrogen and oxygen atoms in total. The van der Waals surface area contributed by atoms with Gasteiger partial charge in [-0.2, -0.15) is 13.2 Å². The molecule has 0 atom stereocenters. The highest BCUT2D eigenvalue weighted by molar-refractivity contribution is 4.95. The van der Waals surface area contributed by atoms with E-state index in [2.05, 4.69) is 11.3 Å². The lowest BCUT2D eigenvalue weighted by atomic mass is 10.3. The first kappa shape index (κ1) is 11.4. The first-order valence-electron chi connectivity index (χ1n) is 3.47. The van der Waals surface area contributed by atoms with Crippen molar-refractivity contribution in [2.75, 3.05) is 19.8 Å². The minimum atomic E-state index is -4.15. The third kappa shape index (κ3) is 7.56. The maximum atomic E-state index is 11.5. The molecule has 0 radical (unpaired) electrons. The number of rotatable bonds is 5. The summed E-state index contributed by atoms with van der Waals surface area (Å²) < 4.78 is 39.3. The second-order valence-corrected chi connectivity index (χ2v) is 2.37. The minimum Gasteiger partial charge on any atom is -0.377 e. The van der Waals surface area contributed by atoms with E-state index in [9.17, 15) is 13.2 Å². The summed E-state index contributed by atoms with van der Waals surface area (Å²) in [6, 6.07) is 0. The number of alkyl halides is 3. The van der Waals surface area contributed by atoms with E-state index in [1.807, 2.05) is 0 Å². The Hall–Kier alpha value is -0.550. The minimum absolute atomic E-state index is 0.104. The van der Waals surface area contributed by atoms with Crippen LogP contribution in [0.4, 0.5) is 13.2 Å².